The van der Waals surface area contributed by atoms with Crippen molar-refractivity contribution in [1.82, 2.24) is 25.1 Å². The van der Waals surface area contributed by atoms with Crippen LogP contribution in [0.25, 0.3) is 0 Å². The highest BCUT2D eigenvalue weighted by Gasteiger charge is 2.33. The molecule has 1 N–H and O–H groups in total. The van der Waals surface area contributed by atoms with Crippen LogP contribution in [0, 0.1) is 0 Å². The molecule has 3 aromatic carbocycles. The fourth-order valence-electron chi connectivity index (χ4n) is 4.63. The highest BCUT2D eigenvalue weighted by Crippen LogP contribution is 2.34. The zero-order valence-electron chi connectivity index (χ0n) is 24.3. The Morgan fingerprint density at radius 3 is 2.26 bits per heavy atom. The van der Waals surface area contributed by atoms with Crippen LogP contribution in [-0.4, -0.2) is 64.4 Å². The maximum atomic E-state index is 13.6. The Hall–Kier alpha value is -4.84. The first kappa shape index (κ1) is 29.6. The first-order valence-electron chi connectivity index (χ1n) is 13.5. The van der Waals surface area contributed by atoms with Crippen LogP contribution in [0.4, 0.5) is 0 Å². The molecule has 12 heteroatoms. The van der Waals surface area contributed by atoms with E-state index in [1.165, 1.54) is 11.8 Å². The third-order valence-electron chi connectivity index (χ3n) is 7.08. The smallest absolute Gasteiger partial charge is 0.253 e. The van der Waals surface area contributed by atoms with Gasteiger partial charge < -0.3 is 24.1 Å². The Morgan fingerprint density at radius 1 is 0.907 bits per heavy atom. The Balaban J connectivity index is 1.27. The van der Waals surface area contributed by atoms with E-state index >= 15 is 0 Å². The third kappa shape index (κ3) is 6.81. The van der Waals surface area contributed by atoms with E-state index in [9.17, 15) is 9.59 Å². The number of rotatable bonds is 11. The lowest BCUT2D eigenvalue weighted by atomic mass is 9.98. The molecule has 1 aliphatic rings. The molecule has 0 unspecified atom stereocenters. The Kier molecular flexibility index (Phi) is 9.26. The van der Waals surface area contributed by atoms with E-state index in [1.807, 2.05) is 48.5 Å². The van der Waals surface area contributed by atoms with Gasteiger partial charge in [-0.25, -0.2) is 5.01 Å². The monoisotopic (exact) mass is 600 g/mol. The minimum absolute atomic E-state index is 0.105. The van der Waals surface area contributed by atoms with Crippen molar-refractivity contribution in [3.05, 3.63) is 95.3 Å². The van der Waals surface area contributed by atoms with E-state index in [2.05, 4.69) is 15.5 Å². The summed E-state index contributed by atoms with van der Waals surface area (Å²) in [5, 5.41) is 18.2. The number of carbonyl (C=O) groups is 2. The Bertz CT molecular complexity index is 1620. The molecule has 2 heterocycles. The second-order valence-electron chi connectivity index (χ2n) is 9.67. The van der Waals surface area contributed by atoms with Crippen LogP contribution in [0.5, 0.6) is 17.2 Å². The van der Waals surface area contributed by atoms with Crippen molar-refractivity contribution in [1.29, 1.82) is 0 Å². The van der Waals surface area contributed by atoms with E-state index in [1.54, 1.807) is 62.2 Å². The number of hydrogen-bond donors (Lipinski definition) is 1. The van der Waals surface area contributed by atoms with Crippen molar-refractivity contribution >= 4 is 29.3 Å². The first-order valence-corrected chi connectivity index (χ1v) is 14.5. The number of ether oxygens (including phenoxy) is 3. The summed E-state index contributed by atoms with van der Waals surface area (Å²) in [5.74, 6) is 2.34. The van der Waals surface area contributed by atoms with Crippen LogP contribution in [0.3, 0.4) is 0 Å². The highest BCUT2D eigenvalue weighted by atomic mass is 32.2. The van der Waals surface area contributed by atoms with Crippen molar-refractivity contribution in [2.75, 3.05) is 27.1 Å². The number of hydrogen-bond acceptors (Lipinski definition) is 9. The fourth-order valence-corrected chi connectivity index (χ4v) is 5.41. The molecule has 0 spiro atoms. The van der Waals surface area contributed by atoms with Gasteiger partial charge in [-0.1, -0.05) is 30.0 Å². The molecule has 0 saturated carbocycles. The highest BCUT2D eigenvalue weighted by molar-refractivity contribution is 7.99. The molecule has 5 rings (SSSR count). The third-order valence-corrected chi connectivity index (χ3v) is 8.08. The SMILES string of the molecule is COc1ccc(C2=NN(C(=O)CSc3nnc(CNC(=O)c4cccc(OC)c4)n3C)[C@H](c3ccc(OC)cc3)C2)cc1. The number of aromatic nitrogens is 3. The number of hydrazone groups is 1. The maximum Gasteiger partial charge on any atom is 0.253 e. The predicted molar refractivity (Wildman–Crippen MR) is 163 cm³/mol. The molecule has 1 aliphatic heterocycles. The Morgan fingerprint density at radius 2 is 1.58 bits per heavy atom. The fraction of sp³-hybridized carbons (Fsp3) is 0.258. The maximum absolute atomic E-state index is 13.6. The molecule has 4 aromatic rings. The molecular weight excluding hydrogens is 568 g/mol. The van der Waals surface area contributed by atoms with Gasteiger partial charge >= 0.3 is 0 Å². The predicted octanol–water partition coefficient (Wildman–Crippen LogP) is 4.24. The molecule has 43 heavy (non-hydrogen) atoms. The molecule has 0 radical (unpaired) electrons. The number of nitrogens with one attached hydrogen (secondary N) is 1. The number of nitrogens with zero attached hydrogens (tertiary/aromatic N) is 5. The number of thioether (sulfide) groups is 1. The Labute approximate surface area is 253 Å². The van der Waals surface area contributed by atoms with Crippen LogP contribution >= 0.6 is 11.8 Å². The summed E-state index contributed by atoms with van der Waals surface area (Å²) >= 11 is 1.27. The van der Waals surface area contributed by atoms with E-state index in [0.29, 0.717) is 28.7 Å². The standard InChI is InChI=1S/C31H32N6O5S/c1-36-28(18-32-30(39)22-6-5-7-25(16-22)42-4)33-34-31(36)43-19-29(38)37-27(21-10-14-24(41-3)15-11-21)17-26(35-37)20-8-12-23(40-2)13-9-20/h5-16,27H,17-19H2,1-4H3,(H,32,39)/t27-/m0/s1. The topological polar surface area (TPSA) is 120 Å². The summed E-state index contributed by atoms with van der Waals surface area (Å²) in [4.78, 5) is 26.2. The summed E-state index contributed by atoms with van der Waals surface area (Å²) in [5.41, 5.74) is 3.18. The van der Waals surface area contributed by atoms with Gasteiger partial charge in [-0.15, -0.1) is 10.2 Å². The molecular formula is C31H32N6O5S. The number of benzene rings is 3. The van der Waals surface area contributed by atoms with E-state index in [0.717, 1.165) is 28.3 Å². The minimum atomic E-state index is -0.266. The van der Waals surface area contributed by atoms with Crippen LogP contribution in [0.1, 0.15) is 39.8 Å². The second-order valence-corrected chi connectivity index (χ2v) is 10.6. The summed E-state index contributed by atoms with van der Waals surface area (Å²) in [6, 6.07) is 22.0. The number of amides is 2. The van der Waals surface area contributed by atoms with Crippen LogP contribution in [0.2, 0.25) is 0 Å². The van der Waals surface area contributed by atoms with Crippen molar-refractivity contribution in [2.45, 2.75) is 24.2 Å². The zero-order valence-corrected chi connectivity index (χ0v) is 25.1. The number of carbonyl (C=O) groups excluding carboxylic acids is 2. The lowest BCUT2D eigenvalue weighted by molar-refractivity contribution is -0.130. The molecule has 1 aromatic heterocycles. The summed E-state index contributed by atoms with van der Waals surface area (Å²) < 4.78 is 17.6. The molecule has 0 saturated heterocycles. The van der Waals surface area contributed by atoms with Crippen LogP contribution in [-0.2, 0) is 18.4 Å². The van der Waals surface area contributed by atoms with Gasteiger partial charge in [-0.05, 0) is 65.7 Å². The van der Waals surface area contributed by atoms with E-state index in [-0.39, 0.29) is 30.2 Å². The van der Waals surface area contributed by atoms with Gasteiger partial charge in [0, 0.05) is 19.0 Å². The summed E-state index contributed by atoms with van der Waals surface area (Å²) in [6.07, 6.45) is 0.566. The zero-order chi connectivity index (χ0) is 30.3. The second kappa shape index (κ2) is 13.4. The van der Waals surface area contributed by atoms with Gasteiger partial charge in [0.1, 0.15) is 17.2 Å². The van der Waals surface area contributed by atoms with Crippen molar-refractivity contribution in [3.63, 3.8) is 0 Å². The van der Waals surface area contributed by atoms with Crippen molar-refractivity contribution < 1.29 is 23.8 Å². The lowest BCUT2D eigenvalue weighted by Gasteiger charge is -2.22. The summed E-state index contributed by atoms with van der Waals surface area (Å²) in [7, 11) is 6.60. The summed E-state index contributed by atoms with van der Waals surface area (Å²) in [6.45, 7) is 0.176. The van der Waals surface area contributed by atoms with Gasteiger partial charge in [-0.2, -0.15) is 5.10 Å². The van der Waals surface area contributed by atoms with Crippen molar-refractivity contribution in [3.8, 4) is 17.2 Å². The van der Waals surface area contributed by atoms with Gasteiger partial charge in [0.05, 0.1) is 45.4 Å². The van der Waals surface area contributed by atoms with Gasteiger partial charge in [0.15, 0.2) is 11.0 Å². The largest absolute Gasteiger partial charge is 0.497 e. The molecule has 0 fully saturated rings. The average molecular weight is 601 g/mol. The lowest BCUT2D eigenvalue weighted by Crippen LogP contribution is -2.28. The minimum Gasteiger partial charge on any atom is -0.497 e. The van der Waals surface area contributed by atoms with Crippen molar-refractivity contribution in [2.24, 2.45) is 12.1 Å². The van der Waals surface area contributed by atoms with Crippen LogP contribution < -0.4 is 19.5 Å². The first-order chi connectivity index (χ1) is 20.9. The molecule has 1 atom stereocenters. The molecule has 0 aliphatic carbocycles. The number of methoxy groups -OCH3 is 3. The normalized spacial score (nSPS) is 14.3. The average Bonchev–Trinajstić information content (AvgIpc) is 3.66. The van der Waals surface area contributed by atoms with Crippen LogP contribution in [0.15, 0.2) is 83.1 Å². The molecule has 222 valence electrons. The quantitative estimate of drug-likeness (QED) is 0.254. The van der Waals surface area contributed by atoms with E-state index < -0.39 is 0 Å². The molecule has 0 bridgehead atoms. The van der Waals surface area contributed by atoms with Gasteiger partial charge in [0.2, 0.25) is 0 Å². The van der Waals surface area contributed by atoms with Gasteiger partial charge in [0.25, 0.3) is 11.8 Å². The molecule has 2 amide bonds. The van der Waals surface area contributed by atoms with E-state index in [4.69, 9.17) is 19.3 Å². The van der Waals surface area contributed by atoms with Gasteiger partial charge in [-0.3, -0.25) is 9.59 Å². The molecule has 11 nitrogen and oxygen atoms in total.